The Bertz CT molecular complexity index is 410. The molecule has 0 spiro atoms. The number of hydrogen-bond donors (Lipinski definition) is 2. The smallest absolute Gasteiger partial charge is 0.395 e. The fourth-order valence-electron chi connectivity index (χ4n) is 1.19. The monoisotopic (exact) mass is 230 g/mol. The van der Waals surface area contributed by atoms with E-state index in [1.54, 1.807) is 0 Å². The van der Waals surface area contributed by atoms with Crippen molar-refractivity contribution >= 4 is 5.69 Å². The van der Waals surface area contributed by atoms with Crippen LogP contribution in [0, 0.1) is 11.3 Å². The van der Waals surface area contributed by atoms with Gasteiger partial charge in [-0.25, -0.2) is 0 Å². The first-order valence-electron chi connectivity index (χ1n) is 4.45. The van der Waals surface area contributed by atoms with Crippen LogP contribution < -0.4 is 5.32 Å². The van der Waals surface area contributed by atoms with Gasteiger partial charge in [0.25, 0.3) is 0 Å². The van der Waals surface area contributed by atoms with Crippen LogP contribution in [0.4, 0.5) is 18.9 Å². The molecule has 1 aromatic carbocycles. The van der Waals surface area contributed by atoms with Gasteiger partial charge in [0.2, 0.25) is 0 Å². The van der Waals surface area contributed by atoms with E-state index in [2.05, 4.69) is 5.32 Å². The number of aliphatic hydroxyl groups is 1. The summed E-state index contributed by atoms with van der Waals surface area (Å²) in [6, 6.07) is 4.67. The van der Waals surface area contributed by atoms with Crippen molar-refractivity contribution < 1.29 is 18.3 Å². The Morgan fingerprint density at radius 2 is 2.06 bits per heavy atom. The number of hydrogen-bond acceptors (Lipinski definition) is 3. The second-order valence-electron chi connectivity index (χ2n) is 3.02. The lowest BCUT2D eigenvalue weighted by molar-refractivity contribution is -0.137. The van der Waals surface area contributed by atoms with Gasteiger partial charge < -0.3 is 10.4 Å². The number of rotatable bonds is 3. The van der Waals surface area contributed by atoms with Gasteiger partial charge in [-0.1, -0.05) is 0 Å². The number of alkyl halides is 3. The van der Waals surface area contributed by atoms with Crippen molar-refractivity contribution in [3.05, 3.63) is 29.3 Å². The summed E-state index contributed by atoms with van der Waals surface area (Å²) in [6.07, 6.45) is -4.53. The predicted molar refractivity (Wildman–Crippen MR) is 51.7 cm³/mol. The zero-order valence-corrected chi connectivity index (χ0v) is 8.17. The minimum absolute atomic E-state index is 0.136. The summed E-state index contributed by atoms with van der Waals surface area (Å²) in [5, 5.41) is 19.8. The van der Waals surface area contributed by atoms with E-state index >= 15 is 0 Å². The Morgan fingerprint density at radius 1 is 1.38 bits per heavy atom. The number of halogens is 3. The van der Waals surface area contributed by atoms with Gasteiger partial charge >= 0.3 is 6.18 Å². The maximum atomic E-state index is 12.4. The fraction of sp³-hybridized carbons (Fsp3) is 0.300. The van der Waals surface area contributed by atoms with Gasteiger partial charge in [-0.3, -0.25) is 0 Å². The van der Waals surface area contributed by atoms with Crippen LogP contribution in [0.15, 0.2) is 18.2 Å². The highest BCUT2D eigenvalue weighted by Crippen LogP contribution is 2.32. The predicted octanol–water partition coefficient (Wildman–Crippen LogP) is 1.98. The first kappa shape index (κ1) is 12.3. The maximum absolute atomic E-state index is 12.4. The van der Waals surface area contributed by atoms with Crippen LogP contribution >= 0.6 is 0 Å². The van der Waals surface area contributed by atoms with Crippen molar-refractivity contribution in [3.8, 4) is 6.07 Å². The van der Waals surface area contributed by atoms with Gasteiger partial charge in [-0.05, 0) is 18.2 Å². The highest BCUT2D eigenvalue weighted by molar-refractivity contribution is 5.53. The number of nitrogens with zero attached hydrogens (tertiary/aromatic N) is 1. The summed E-state index contributed by atoms with van der Waals surface area (Å²) in [6.45, 7) is 0.0825. The Labute approximate surface area is 90.1 Å². The van der Waals surface area contributed by atoms with Crippen LogP contribution in [0.1, 0.15) is 11.1 Å². The maximum Gasteiger partial charge on any atom is 0.417 e. The first-order chi connectivity index (χ1) is 7.49. The van der Waals surface area contributed by atoms with Crippen LogP contribution in [0.25, 0.3) is 0 Å². The minimum atomic E-state index is -4.53. The van der Waals surface area contributed by atoms with E-state index in [9.17, 15) is 13.2 Å². The molecule has 0 saturated heterocycles. The molecule has 0 amide bonds. The zero-order valence-electron chi connectivity index (χ0n) is 8.17. The van der Waals surface area contributed by atoms with Crippen molar-refractivity contribution in [2.75, 3.05) is 18.5 Å². The summed E-state index contributed by atoms with van der Waals surface area (Å²) in [7, 11) is 0. The Balaban J connectivity index is 3.04. The molecule has 0 fully saturated rings. The molecule has 0 aromatic heterocycles. The minimum Gasteiger partial charge on any atom is -0.395 e. The molecule has 0 aliphatic heterocycles. The van der Waals surface area contributed by atoms with E-state index < -0.39 is 17.3 Å². The molecular formula is C10H9F3N2O. The molecule has 16 heavy (non-hydrogen) atoms. The molecule has 0 heterocycles. The van der Waals surface area contributed by atoms with Gasteiger partial charge in [-0.2, -0.15) is 18.4 Å². The molecule has 2 N–H and O–H groups in total. The van der Waals surface area contributed by atoms with Gasteiger partial charge in [0.1, 0.15) is 0 Å². The van der Waals surface area contributed by atoms with Crippen LogP contribution in [-0.4, -0.2) is 18.3 Å². The molecule has 0 saturated carbocycles. The highest BCUT2D eigenvalue weighted by Gasteiger charge is 2.33. The van der Waals surface area contributed by atoms with Gasteiger partial charge in [-0.15, -0.1) is 0 Å². The number of nitrogens with one attached hydrogen (secondary N) is 1. The number of nitriles is 1. The molecule has 1 aromatic rings. The Morgan fingerprint density at radius 3 is 2.56 bits per heavy atom. The van der Waals surface area contributed by atoms with Gasteiger partial charge in [0.05, 0.1) is 23.8 Å². The molecule has 0 atom stereocenters. The third-order valence-corrected chi connectivity index (χ3v) is 1.89. The van der Waals surface area contributed by atoms with Crippen LogP contribution in [-0.2, 0) is 6.18 Å². The molecule has 0 aliphatic rings. The second-order valence-corrected chi connectivity index (χ2v) is 3.02. The summed E-state index contributed by atoms with van der Waals surface area (Å²) < 4.78 is 37.2. The van der Waals surface area contributed by atoms with E-state index in [4.69, 9.17) is 10.4 Å². The van der Waals surface area contributed by atoms with Crippen molar-refractivity contribution in [3.63, 3.8) is 0 Å². The van der Waals surface area contributed by atoms with Gasteiger partial charge in [0.15, 0.2) is 0 Å². The van der Waals surface area contributed by atoms with Crippen molar-refractivity contribution in [2.45, 2.75) is 6.18 Å². The van der Waals surface area contributed by atoms with E-state index in [1.807, 2.05) is 0 Å². The third kappa shape index (κ3) is 2.87. The first-order valence-corrected chi connectivity index (χ1v) is 4.45. The normalized spacial score (nSPS) is 10.9. The highest BCUT2D eigenvalue weighted by atomic mass is 19.4. The van der Waals surface area contributed by atoms with E-state index in [-0.39, 0.29) is 13.2 Å². The van der Waals surface area contributed by atoms with E-state index in [1.165, 1.54) is 12.1 Å². The standard InChI is InChI=1S/C10H9F3N2O/c11-10(12,13)9-2-1-8(15-3-4-16)5-7(9)6-14/h1-2,5,15-16H,3-4H2. The number of benzene rings is 1. The molecule has 6 heteroatoms. The van der Waals surface area contributed by atoms with Crippen molar-refractivity contribution in [1.29, 1.82) is 5.26 Å². The number of anilines is 1. The Kier molecular flexibility index (Phi) is 3.74. The topological polar surface area (TPSA) is 56.0 Å². The molecule has 0 bridgehead atoms. The van der Waals surface area contributed by atoms with E-state index in [0.29, 0.717) is 5.69 Å². The lowest BCUT2D eigenvalue weighted by atomic mass is 10.1. The van der Waals surface area contributed by atoms with Crippen LogP contribution in [0.3, 0.4) is 0 Å². The molecule has 86 valence electrons. The summed E-state index contributed by atoms with van der Waals surface area (Å²) in [5.74, 6) is 0. The SMILES string of the molecule is N#Cc1cc(NCCO)ccc1C(F)(F)F. The summed E-state index contributed by atoms with van der Waals surface area (Å²) in [5.41, 5.74) is -1.02. The zero-order chi connectivity index (χ0) is 12.2. The second kappa shape index (κ2) is 4.86. The third-order valence-electron chi connectivity index (χ3n) is 1.89. The largest absolute Gasteiger partial charge is 0.417 e. The lowest BCUT2D eigenvalue weighted by Crippen LogP contribution is -2.10. The molecule has 0 aliphatic carbocycles. The van der Waals surface area contributed by atoms with Gasteiger partial charge in [0, 0.05) is 12.2 Å². The van der Waals surface area contributed by atoms with Crippen LogP contribution in [0.5, 0.6) is 0 Å². The molecule has 1 rings (SSSR count). The summed E-state index contributed by atoms with van der Waals surface area (Å²) >= 11 is 0. The average Bonchev–Trinajstić information content (AvgIpc) is 2.24. The molecule has 0 radical (unpaired) electrons. The lowest BCUT2D eigenvalue weighted by Gasteiger charge is -2.10. The molecular weight excluding hydrogens is 221 g/mol. The average molecular weight is 230 g/mol. The van der Waals surface area contributed by atoms with Crippen molar-refractivity contribution in [2.24, 2.45) is 0 Å². The number of aliphatic hydroxyl groups excluding tert-OH is 1. The summed E-state index contributed by atoms with van der Waals surface area (Å²) in [4.78, 5) is 0. The Hall–Kier alpha value is -1.74. The van der Waals surface area contributed by atoms with E-state index in [0.717, 1.165) is 12.1 Å². The molecule has 0 unspecified atom stereocenters. The van der Waals surface area contributed by atoms with Crippen molar-refractivity contribution in [1.82, 2.24) is 0 Å². The quantitative estimate of drug-likeness (QED) is 0.834. The molecule has 3 nitrogen and oxygen atoms in total. The van der Waals surface area contributed by atoms with Crippen LogP contribution in [0.2, 0.25) is 0 Å². The fourth-order valence-corrected chi connectivity index (χ4v) is 1.19.